The van der Waals surface area contributed by atoms with Gasteiger partial charge in [0.1, 0.15) is 0 Å². The molecule has 2 aromatic rings. The Bertz CT molecular complexity index is 1040. The Morgan fingerprint density at radius 1 is 1.31 bits per heavy atom. The number of para-hydroxylation sites is 1. The highest BCUT2D eigenvalue weighted by atomic mass is 32.2. The molecule has 2 aliphatic rings. The van der Waals surface area contributed by atoms with Crippen LogP contribution in [0.3, 0.4) is 0 Å². The molecule has 1 aromatic heterocycles. The predicted octanol–water partition coefficient (Wildman–Crippen LogP) is 4.16. The van der Waals surface area contributed by atoms with Crippen molar-refractivity contribution in [2.45, 2.75) is 33.2 Å². The van der Waals surface area contributed by atoms with Crippen molar-refractivity contribution in [1.82, 2.24) is 9.99 Å². The number of Topliss-reactive ketones (excluding diaryl/α,β-unsaturated/α-hetero) is 1. The number of aryl methyl sites for hydroxylation is 1. The van der Waals surface area contributed by atoms with Crippen LogP contribution < -0.4 is 0 Å². The first-order valence-electron chi connectivity index (χ1n) is 9.52. The lowest BCUT2D eigenvalue weighted by atomic mass is 10.0. The van der Waals surface area contributed by atoms with Crippen molar-refractivity contribution in [2.24, 2.45) is 10.1 Å². The summed E-state index contributed by atoms with van der Waals surface area (Å²) < 4.78 is 5.10. The first-order valence-corrected chi connectivity index (χ1v) is 10.5. The van der Waals surface area contributed by atoms with Gasteiger partial charge in [0.05, 0.1) is 35.3 Å². The zero-order valence-electron chi connectivity index (χ0n) is 16.6. The van der Waals surface area contributed by atoms with Crippen molar-refractivity contribution in [3.8, 4) is 0 Å². The number of aromatic nitrogens is 1. The summed E-state index contributed by atoms with van der Waals surface area (Å²) in [6, 6.07) is 8.15. The summed E-state index contributed by atoms with van der Waals surface area (Å²) in [7, 11) is 0. The van der Waals surface area contributed by atoms with E-state index in [1.54, 1.807) is 20.8 Å². The topological polar surface area (TPSA) is 87.1 Å². The molecular weight excluding hydrogens is 388 g/mol. The Morgan fingerprint density at radius 2 is 2.10 bits per heavy atom. The number of aliphatic imine (C=N–C) groups is 1. The number of benzene rings is 1. The van der Waals surface area contributed by atoms with E-state index in [1.807, 2.05) is 29.4 Å². The van der Waals surface area contributed by atoms with Crippen LogP contribution in [0.4, 0.5) is 5.69 Å². The maximum Gasteiger partial charge on any atom is 0.340 e. The van der Waals surface area contributed by atoms with Crippen molar-refractivity contribution in [1.29, 1.82) is 0 Å². The number of hydrazone groups is 1. The lowest BCUT2D eigenvalue weighted by Crippen LogP contribution is -2.28. The quantitative estimate of drug-likeness (QED) is 0.591. The molecule has 1 unspecified atom stereocenters. The van der Waals surface area contributed by atoms with E-state index in [0.717, 1.165) is 17.7 Å². The number of nitrogens with zero attached hydrogens (tertiary/aromatic N) is 3. The smallest absolute Gasteiger partial charge is 0.340 e. The molecular formula is C21H22N4O3S. The Labute approximate surface area is 173 Å². The van der Waals surface area contributed by atoms with E-state index in [4.69, 9.17) is 9.73 Å². The van der Waals surface area contributed by atoms with Crippen molar-refractivity contribution < 1.29 is 14.3 Å². The summed E-state index contributed by atoms with van der Waals surface area (Å²) in [6.45, 7) is 5.59. The average Bonchev–Trinajstić information content (AvgIpc) is 3.31. The fraction of sp³-hybridized carbons (Fsp3) is 0.333. The fourth-order valence-corrected chi connectivity index (χ4v) is 4.60. The van der Waals surface area contributed by atoms with E-state index < -0.39 is 5.97 Å². The molecule has 0 bridgehead atoms. The normalized spacial score (nSPS) is 17.0. The molecule has 8 heteroatoms. The summed E-state index contributed by atoms with van der Waals surface area (Å²) in [5.74, 6) is -0.302. The molecule has 0 aliphatic carbocycles. The molecule has 7 nitrogen and oxygen atoms in total. The van der Waals surface area contributed by atoms with E-state index in [-0.39, 0.29) is 17.6 Å². The third kappa shape index (κ3) is 3.48. The monoisotopic (exact) mass is 410 g/mol. The molecule has 0 saturated carbocycles. The van der Waals surface area contributed by atoms with Crippen molar-refractivity contribution >= 4 is 40.6 Å². The van der Waals surface area contributed by atoms with E-state index in [9.17, 15) is 9.59 Å². The second kappa shape index (κ2) is 7.87. The van der Waals surface area contributed by atoms with Gasteiger partial charge in [0.2, 0.25) is 0 Å². The van der Waals surface area contributed by atoms with Crippen LogP contribution >= 0.6 is 11.8 Å². The zero-order valence-corrected chi connectivity index (χ0v) is 17.4. The van der Waals surface area contributed by atoms with Crippen LogP contribution in [0, 0.1) is 13.8 Å². The molecule has 4 rings (SSSR count). The number of hydrogen-bond acceptors (Lipinski definition) is 7. The lowest BCUT2D eigenvalue weighted by molar-refractivity contribution is 0.0525. The summed E-state index contributed by atoms with van der Waals surface area (Å²) >= 11 is 1.36. The number of H-pyrrole nitrogens is 1. The predicted molar refractivity (Wildman–Crippen MR) is 114 cm³/mol. The van der Waals surface area contributed by atoms with Crippen LogP contribution in [0.1, 0.15) is 57.1 Å². The van der Waals surface area contributed by atoms with Gasteiger partial charge in [-0.2, -0.15) is 5.10 Å². The summed E-state index contributed by atoms with van der Waals surface area (Å²) in [5.41, 5.74) is 4.22. The molecule has 150 valence electrons. The van der Waals surface area contributed by atoms with E-state index in [2.05, 4.69) is 16.2 Å². The first kappa shape index (κ1) is 19.4. The maximum absolute atomic E-state index is 12.9. The number of ketones is 1. The molecule has 0 spiro atoms. The number of nitrogens with one attached hydrogen (secondary N) is 1. The standard InChI is InChI=1S/C21H22N4O3S/c1-4-28-20(27)18-12(2)19(23-13(18)3)17(26)11-29-21-24-15-8-6-5-7-14(15)16-9-10-22-25(16)21/h5-8,10,16,23H,4,9,11H2,1-3H3. The largest absolute Gasteiger partial charge is 0.462 e. The number of esters is 1. The van der Waals surface area contributed by atoms with Gasteiger partial charge in [0.15, 0.2) is 11.0 Å². The molecule has 0 saturated heterocycles. The molecule has 0 radical (unpaired) electrons. The number of thioether (sulfide) groups is 1. The number of carbonyl (C=O) groups excluding carboxylic acids is 2. The van der Waals surface area contributed by atoms with Crippen molar-refractivity contribution in [2.75, 3.05) is 12.4 Å². The Morgan fingerprint density at radius 3 is 2.90 bits per heavy atom. The van der Waals surface area contributed by atoms with Crippen LogP contribution in [0.2, 0.25) is 0 Å². The highest BCUT2D eigenvalue weighted by molar-refractivity contribution is 8.14. The van der Waals surface area contributed by atoms with E-state index in [0.29, 0.717) is 34.3 Å². The fourth-order valence-electron chi connectivity index (χ4n) is 3.72. The Balaban J connectivity index is 1.53. The minimum atomic E-state index is -0.409. The Hall–Kier alpha value is -2.87. The number of fused-ring (bicyclic) bond motifs is 3. The van der Waals surface area contributed by atoms with Crippen molar-refractivity contribution in [3.05, 3.63) is 52.3 Å². The maximum atomic E-state index is 12.9. The molecule has 29 heavy (non-hydrogen) atoms. The highest BCUT2D eigenvalue weighted by Gasteiger charge is 2.33. The van der Waals surface area contributed by atoms with Gasteiger partial charge in [-0.15, -0.1) is 0 Å². The minimum Gasteiger partial charge on any atom is -0.462 e. The minimum absolute atomic E-state index is 0.0903. The molecule has 1 aromatic carbocycles. The average molecular weight is 410 g/mol. The third-order valence-corrected chi connectivity index (χ3v) is 6.01. The van der Waals surface area contributed by atoms with Gasteiger partial charge in [-0.05, 0) is 32.4 Å². The van der Waals surface area contributed by atoms with E-state index in [1.165, 1.54) is 11.8 Å². The number of rotatable bonds is 5. The number of aromatic amines is 1. The molecule has 0 amide bonds. The molecule has 3 heterocycles. The number of amidine groups is 1. The molecule has 0 fully saturated rings. The van der Waals surface area contributed by atoms with Gasteiger partial charge in [-0.1, -0.05) is 30.0 Å². The second-order valence-corrected chi connectivity index (χ2v) is 7.85. The van der Waals surface area contributed by atoms with Gasteiger partial charge in [-0.25, -0.2) is 14.8 Å². The number of ether oxygens (including phenoxy) is 1. The number of carbonyl (C=O) groups is 2. The molecule has 1 atom stereocenters. The van der Waals surface area contributed by atoms with Crippen LogP contribution in [0.25, 0.3) is 0 Å². The van der Waals surface area contributed by atoms with Gasteiger partial charge >= 0.3 is 5.97 Å². The summed E-state index contributed by atoms with van der Waals surface area (Å²) in [5, 5.41) is 7.04. The van der Waals surface area contributed by atoms with E-state index >= 15 is 0 Å². The van der Waals surface area contributed by atoms with Gasteiger partial charge in [-0.3, -0.25) is 4.79 Å². The SMILES string of the molecule is CCOC(=O)c1c(C)[nH]c(C(=O)CSC2=Nc3ccccc3C3CC=NN23)c1C. The second-order valence-electron chi connectivity index (χ2n) is 6.90. The van der Waals surface area contributed by atoms with Crippen LogP contribution in [0.15, 0.2) is 34.4 Å². The molecule has 1 N–H and O–H groups in total. The number of hydrogen-bond donors (Lipinski definition) is 1. The molecule has 2 aliphatic heterocycles. The van der Waals surface area contributed by atoms with Gasteiger partial charge in [0.25, 0.3) is 0 Å². The van der Waals surface area contributed by atoms with Gasteiger partial charge in [0, 0.05) is 23.9 Å². The summed E-state index contributed by atoms with van der Waals surface area (Å²) in [4.78, 5) is 32.8. The first-order chi connectivity index (χ1) is 14.0. The highest BCUT2D eigenvalue weighted by Crippen LogP contribution is 2.41. The van der Waals surface area contributed by atoms with Crippen LogP contribution in [-0.4, -0.2) is 45.5 Å². The zero-order chi connectivity index (χ0) is 20.5. The van der Waals surface area contributed by atoms with Gasteiger partial charge < -0.3 is 9.72 Å². The Kier molecular flexibility index (Phi) is 5.27. The lowest BCUT2D eigenvalue weighted by Gasteiger charge is -2.29. The van der Waals surface area contributed by atoms with Crippen LogP contribution in [-0.2, 0) is 4.74 Å². The van der Waals surface area contributed by atoms with Crippen LogP contribution in [0.5, 0.6) is 0 Å². The summed E-state index contributed by atoms with van der Waals surface area (Å²) in [6.07, 6.45) is 2.71. The third-order valence-electron chi connectivity index (χ3n) is 5.07. The van der Waals surface area contributed by atoms with Crippen molar-refractivity contribution in [3.63, 3.8) is 0 Å².